The maximum absolute atomic E-state index is 13.2. The fourth-order valence-electron chi connectivity index (χ4n) is 2.33. The van der Waals surface area contributed by atoms with Crippen molar-refractivity contribution in [2.45, 2.75) is 6.54 Å². The monoisotopic (exact) mass is 234 g/mol. The highest BCUT2D eigenvalue weighted by molar-refractivity contribution is 6.04. The Kier molecular flexibility index (Phi) is 2.07. The van der Waals surface area contributed by atoms with Crippen molar-refractivity contribution in [3.63, 3.8) is 0 Å². The van der Waals surface area contributed by atoms with Crippen LogP contribution in [0.5, 0.6) is 5.75 Å². The predicted molar refractivity (Wildman–Crippen MR) is 60.8 cm³/mol. The Bertz CT molecular complexity index is 618. The van der Waals surface area contributed by atoms with Crippen molar-refractivity contribution in [2.24, 2.45) is 0 Å². The summed E-state index contributed by atoms with van der Waals surface area (Å²) in [5, 5.41) is 3.39. The first-order valence-corrected chi connectivity index (χ1v) is 5.36. The summed E-state index contributed by atoms with van der Waals surface area (Å²) in [5.74, 6) is -0.0689. The Morgan fingerprint density at radius 3 is 3.06 bits per heavy atom. The molecule has 4 nitrogen and oxygen atoms in total. The smallest absolute Gasteiger partial charge is 0.271 e. The minimum absolute atomic E-state index is 0.176. The molecule has 0 unspecified atom stereocenters. The van der Waals surface area contributed by atoms with Crippen LogP contribution in [0.4, 0.5) is 4.39 Å². The number of carbonyl (C=O) groups is 1. The molecule has 2 heterocycles. The third-order valence-corrected chi connectivity index (χ3v) is 3.02. The zero-order chi connectivity index (χ0) is 12.0. The topological polar surface area (TPSA) is 43.3 Å². The van der Waals surface area contributed by atoms with Crippen molar-refractivity contribution >= 4 is 16.8 Å². The van der Waals surface area contributed by atoms with Crippen molar-refractivity contribution in [3.8, 4) is 5.75 Å². The Morgan fingerprint density at radius 2 is 2.29 bits per heavy atom. The number of fused-ring (bicyclic) bond motifs is 3. The predicted octanol–water partition coefficient (Wildman–Crippen LogP) is 1.53. The van der Waals surface area contributed by atoms with Gasteiger partial charge in [-0.1, -0.05) is 0 Å². The van der Waals surface area contributed by atoms with Crippen LogP contribution < -0.4 is 10.1 Å². The van der Waals surface area contributed by atoms with Crippen LogP contribution in [-0.2, 0) is 6.54 Å². The van der Waals surface area contributed by atoms with Crippen molar-refractivity contribution in [3.05, 3.63) is 29.7 Å². The molecule has 1 aromatic carbocycles. The average Bonchev–Trinajstić information content (AvgIpc) is 2.63. The molecule has 0 spiro atoms. The van der Waals surface area contributed by atoms with Gasteiger partial charge in [-0.25, -0.2) is 4.39 Å². The number of methoxy groups -OCH3 is 1. The molecule has 0 saturated carbocycles. The number of hydrogen-bond acceptors (Lipinski definition) is 2. The minimum atomic E-state index is -0.334. The lowest BCUT2D eigenvalue weighted by molar-refractivity contribution is 0.0925. The minimum Gasteiger partial charge on any atom is -0.494 e. The number of benzene rings is 1. The first-order valence-electron chi connectivity index (χ1n) is 5.36. The molecule has 0 atom stereocenters. The maximum atomic E-state index is 13.2. The van der Waals surface area contributed by atoms with E-state index in [0.29, 0.717) is 29.9 Å². The third-order valence-electron chi connectivity index (χ3n) is 3.02. The molecule has 0 bridgehead atoms. The van der Waals surface area contributed by atoms with E-state index in [4.69, 9.17) is 4.74 Å². The Balaban J connectivity index is 2.42. The molecular formula is C12H11FN2O2. The van der Waals surface area contributed by atoms with Gasteiger partial charge in [0.05, 0.1) is 12.6 Å². The molecule has 1 aromatic heterocycles. The lowest BCUT2D eigenvalue weighted by Gasteiger charge is -2.17. The summed E-state index contributed by atoms with van der Waals surface area (Å²) < 4.78 is 20.4. The highest BCUT2D eigenvalue weighted by Crippen LogP contribution is 2.34. The molecule has 0 saturated heterocycles. The SMILES string of the molecule is COc1c2n(c3ccc(F)cc13)CCNC2=O. The lowest BCUT2D eigenvalue weighted by atomic mass is 10.2. The van der Waals surface area contributed by atoms with Gasteiger partial charge in [0.2, 0.25) is 0 Å². The number of nitrogens with zero attached hydrogens (tertiary/aromatic N) is 1. The molecule has 0 fully saturated rings. The fraction of sp³-hybridized carbons (Fsp3) is 0.250. The van der Waals surface area contributed by atoms with E-state index in [1.54, 1.807) is 6.07 Å². The third kappa shape index (κ3) is 1.32. The molecule has 2 aromatic rings. The van der Waals surface area contributed by atoms with Gasteiger partial charge in [0.1, 0.15) is 5.82 Å². The first kappa shape index (κ1) is 10.1. The molecule has 0 radical (unpaired) electrons. The number of rotatable bonds is 1. The molecule has 1 N–H and O–H groups in total. The quantitative estimate of drug-likeness (QED) is 0.813. The Labute approximate surface area is 97.0 Å². The summed E-state index contributed by atoms with van der Waals surface area (Å²) >= 11 is 0. The van der Waals surface area contributed by atoms with Gasteiger partial charge in [0.25, 0.3) is 5.91 Å². The van der Waals surface area contributed by atoms with Gasteiger partial charge < -0.3 is 14.6 Å². The van der Waals surface area contributed by atoms with Crippen LogP contribution in [0.2, 0.25) is 0 Å². The molecule has 88 valence electrons. The van der Waals surface area contributed by atoms with Crippen LogP contribution in [0.1, 0.15) is 10.5 Å². The van der Waals surface area contributed by atoms with Gasteiger partial charge in [-0.2, -0.15) is 0 Å². The van der Waals surface area contributed by atoms with E-state index in [-0.39, 0.29) is 11.7 Å². The summed E-state index contributed by atoms with van der Waals surface area (Å²) in [6, 6.07) is 4.46. The Hall–Kier alpha value is -2.04. The van der Waals surface area contributed by atoms with Crippen LogP contribution in [-0.4, -0.2) is 24.1 Å². The van der Waals surface area contributed by atoms with Gasteiger partial charge in [0, 0.05) is 18.5 Å². The van der Waals surface area contributed by atoms with E-state index in [2.05, 4.69) is 5.32 Å². The highest BCUT2D eigenvalue weighted by Gasteiger charge is 2.26. The zero-order valence-electron chi connectivity index (χ0n) is 9.29. The van der Waals surface area contributed by atoms with Crippen molar-refractivity contribution in [1.29, 1.82) is 0 Å². The van der Waals surface area contributed by atoms with Crippen molar-refractivity contribution < 1.29 is 13.9 Å². The van der Waals surface area contributed by atoms with Crippen LogP contribution in [0.15, 0.2) is 18.2 Å². The molecule has 1 aliphatic rings. The van der Waals surface area contributed by atoms with Gasteiger partial charge in [-0.3, -0.25) is 4.79 Å². The second kappa shape index (κ2) is 3.48. The normalized spacial score (nSPS) is 14.6. The number of carbonyl (C=O) groups excluding carboxylic acids is 1. The summed E-state index contributed by atoms with van der Waals surface area (Å²) in [6.45, 7) is 1.25. The van der Waals surface area contributed by atoms with Crippen molar-refractivity contribution in [2.75, 3.05) is 13.7 Å². The van der Waals surface area contributed by atoms with Gasteiger partial charge in [-0.15, -0.1) is 0 Å². The molecule has 1 amide bonds. The standard InChI is InChI=1S/C12H11FN2O2/c1-17-11-8-6-7(13)2-3-9(8)15-5-4-14-12(16)10(11)15/h2-3,6H,4-5H2,1H3,(H,14,16). The van der Waals surface area contributed by atoms with Crippen LogP contribution in [0.25, 0.3) is 10.9 Å². The fourth-order valence-corrected chi connectivity index (χ4v) is 2.33. The van der Waals surface area contributed by atoms with E-state index in [1.807, 2.05) is 4.57 Å². The number of ether oxygens (including phenoxy) is 1. The van der Waals surface area contributed by atoms with Gasteiger partial charge >= 0.3 is 0 Å². The number of hydrogen-bond donors (Lipinski definition) is 1. The van der Waals surface area contributed by atoms with E-state index >= 15 is 0 Å². The van der Waals surface area contributed by atoms with Gasteiger partial charge in [-0.05, 0) is 18.2 Å². The number of aromatic nitrogens is 1. The number of halogens is 1. The molecular weight excluding hydrogens is 223 g/mol. The largest absolute Gasteiger partial charge is 0.494 e. The molecule has 1 aliphatic heterocycles. The molecule has 17 heavy (non-hydrogen) atoms. The molecule has 0 aliphatic carbocycles. The molecule has 5 heteroatoms. The number of nitrogens with one attached hydrogen (secondary N) is 1. The van der Waals surface area contributed by atoms with E-state index in [0.717, 1.165) is 5.52 Å². The first-order chi connectivity index (χ1) is 8.22. The second-order valence-electron chi connectivity index (χ2n) is 3.95. The van der Waals surface area contributed by atoms with Crippen LogP contribution >= 0.6 is 0 Å². The van der Waals surface area contributed by atoms with E-state index in [1.165, 1.54) is 19.2 Å². The summed E-state index contributed by atoms with van der Waals surface area (Å²) in [7, 11) is 1.49. The average molecular weight is 234 g/mol. The number of amides is 1. The van der Waals surface area contributed by atoms with E-state index in [9.17, 15) is 9.18 Å². The van der Waals surface area contributed by atoms with Crippen LogP contribution in [0, 0.1) is 5.82 Å². The van der Waals surface area contributed by atoms with E-state index < -0.39 is 0 Å². The lowest BCUT2D eigenvalue weighted by Crippen LogP contribution is -2.35. The van der Waals surface area contributed by atoms with Gasteiger partial charge in [0.15, 0.2) is 11.4 Å². The maximum Gasteiger partial charge on any atom is 0.271 e. The molecule has 3 rings (SSSR count). The van der Waals surface area contributed by atoms with Crippen LogP contribution in [0.3, 0.4) is 0 Å². The Morgan fingerprint density at radius 1 is 1.47 bits per heavy atom. The summed E-state index contributed by atoms with van der Waals surface area (Å²) in [4.78, 5) is 11.8. The summed E-state index contributed by atoms with van der Waals surface area (Å²) in [6.07, 6.45) is 0. The van der Waals surface area contributed by atoms with Crippen molar-refractivity contribution in [1.82, 2.24) is 9.88 Å². The highest BCUT2D eigenvalue weighted by atomic mass is 19.1. The second-order valence-corrected chi connectivity index (χ2v) is 3.95. The summed E-state index contributed by atoms with van der Waals surface area (Å²) in [5.41, 5.74) is 1.30. The zero-order valence-corrected chi connectivity index (χ0v) is 9.29.